The number of hydrogen-bond donors (Lipinski definition) is 1. The standard InChI is InChI=1S/C11H20N2S/c1-9-3-2-7-13(8-6-9)11(14)12-10-4-5-10/h9-10H,2-8H2,1H3,(H,12,14). The second-order valence-corrected chi connectivity index (χ2v) is 5.13. The molecule has 0 aromatic rings. The molecule has 2 rings (SSSR count). The number of nitrogens with one attached hydrogen (secondary N) is 1. The predicted molar refractivity (Wildman–Crippen MR) is 63.3 cm³/mol. The normalized spacial score (nSPS) is 28.4. The van der Waals surface area contributed by atoms with Gasteiger partial charge >= 0.3 is 0 Å². The molecule has 2 fully saturated rings. The molecule has 2 aliphatic rings. The minimum atomic E-state index is 0.697. The molecule has 0 aromatic heterocycles. The Hall–Kier alpha value is -0.310. The van der Waals surface area contributed by atoms with Gasteiger partial charge < -0.3 is 10.2 Å². The van der Waals surface area contributed by atoms with Crippen molar-refractivity contribution >= 4 is 17.3 Å². The highest BCUT2D eigenvalue weighted by molar-refractivity contribution is 7.80. The van der Waals surface area contributed by atoms with Crippen molar-refractivity contribution in [3.8, 4) is 0 Å². The Labute approximate surface area is 92.0 Å². The van der Waals surface area contributed by atoms with Crippen LogP contribution in [0.1, 0.15) is 39.0 Å². The first-order valence-electron chi connectivity index (χ1n) is 5.81. The van der Waals surface area contributed by atoms with Crippen LogP contribution >= 0.6 is 12.2 Å². The van der Waals surface area contributed by atoms with Crippen LogP contribution in [0.2, 0.25) is 0 Å². The van der Waals surface area contributed by atoms with Crippen LogP contribution < -0.4 is 5.32 Å². The summed E-state index contributed by atoms with van der Waals surface area (Å²) in [6.45, 7) is 4.66. The molecule has 14 heavy (non-hydrogen) atoms. The van der Waals surface area contributed by atoms with E-state index in [0.717, 1.165) is 24.1 Å². The van der Waals surface area contributed by atoms with Gasteiger partial charge in [-0.3, -0.25) is 0 Å². The van der Waals surface area contributed by atoms with Crippen LogP contribution in [0, 0.1) is 5.92 Å². The Morgan fingerprint density at radius 3 is 2.71 bits per heavy atom. The first-order chi connectivity index (χ1) is 6.75. The third-order valence-corrected chi connectivity index (χ3v) is 3.58. The molecule has 0 bridgehead atoms. The Morgan fingerprint density at radius 1 is 1.21 bits per heavy atom. The minimum Gasteiger partial charge on any atom is -0.360 e. The highest BCUT2D eigenvalue weighted by Crippen LogP contribution is 2.20. The topological polar surface area (TPSA) is 15.3 Å². The second kappa shape index (κ2) is 4.47. The van der Waals surface area contributed by atoms with E-state index < -0.39 is 0 Å². The van der Waals surface area contributed by atoms with Crippen LogP contribution in [0.4, 0.5) is 0 Å². The van der Waals surface area contributed by atoms with E-state index in [1.165, 1.54) is 32.1 Å². The van der Waals surface area contributed by atoms with Gasteiger partial charge in [0.15, 0.2) is 5.11 Å². The number of likely N-dealkylation sites (tertiary alicyclic amines) is 1. The third kappa shape index (κ3) is 2.84. The minimum absolute atomic E-state index is 0.697. The van der Waals surface area contributed by atoms with Crippen molar-refractivity contribution in [2.24, 2.45) is 5.92 Å². The van der Waals surface area contributed by atoms with Crippen molar-refractivity contribution < 1.29 is 0 Å². The zero-order valence-electron chi connectivity index (χ0n) is 8.96. The van der Waals surface area contributed by atoms with Gasteiger partial charge in [-0.25, -0.2) is 0 Å². The Kier molecular flexibility index (Phi) is 3.26. The zero-order valence-corrected chi connectivity index (χ0v) is 9.78. The summed E-state index contributed by atoms with van der Waals surface area (Å²) in [7, 11) is 0. The van der Waals surface area contributed by atoms with Gasteiger partial charge in [0.2, 0.25) is 0 Å². The van der Waals surface area contributed by atoms with E-state index in [0.29, 0.717) is 6.04 Å². The van der Waals surface area contributed by atoms with Gasteiger partial charge in [-0.15, -0.1) is 0 Å². The van der Waals surface area contributed by atoms with Gasteiger partial charge in [0, 0.05) is 19.1 Å². The SMILES string of the molecule is CC1CCCN(C(=S)NC2CC2)CC1. The average molecular weight is 212 g/mol. The monoisotopic (exact) mass is 212 g/mol. The van der Waals surface area contributed by atoms with Gasteiger partial charge in [-0.1, -0.05) is 6.92 Å². The summed E-state index contributed by atoms with van der Waals surface area (Å²) in [5, 5.41) is 4.43. The molecule has 1 saturated carbocycles. The van der Waals surface area contributed by atoms with Crippen LogP contribution in [0.5, 0.6) is 0 Å². The van der Waals surface area contributed by atoms with Gasteiger partial charge in [-0.2, -0.15) is 0 Å². The van der Waals surface area contributed by atoms with Crippen molar-refractivity contribution in [2.75, 3.05) is 13.1 Å². The van der Waals surface area contributed by atoms with Crippen LogP contribution in [0.3, 0.4) is 0 Å². The predicted octanol–water partition coefficient (Wildman–Crippen LogP) is 2.15. The molecule has 1 aliphatic carbocycles. The van der Waals surface area contributed by atoms with Crippen molar-refractivity contribution in [2.45, 2.75) is 45.1 Å². The van der Waals surface area contributed by atoms with E-state index in [9.17, 15) is 0 Å². The summed E-state index contributed by atoms with van der Waals surface area (Å²) < 4.78 is 0. The fourth-order valence-corrected chi connectivity index (χ4v) is 2.31. The molecule has 1 unspecified atom stereocenters. The fourth-order valence-electron chi connectivity index (χ4n) is 1.96. The molecule has 0 spiro atoms. The quantitative estimate of drug-likeness (QED) is 0.671. The van der Waals surface area contributed by atoms with Crippen LogP contribution in [-0.2, 0) is 0 Å². The second-order valence-electron chi connectivity index (χ2n) is 4.75. The molecule has 0 aromatic carbocycles. The van der Waals surface area contributed by atoms with Crippen LogP contribution in [0.25, 0.3) is 0 Å². The maximum absolute atomic E-state index is 5.40. The Bertz CT molecular complexity index is 213. The fraction of sp³-hybridized carbons (Fsp3) is 0.909. The van der Waals surface area contributed by atoms with E-state index in [-0.39, 0.29) is 0 Å². The van der Waals surface area contributed by atoms with Gasteiger partial charge in [0.25, 0.3) is 0 Å². The maximum atomic E-state index is 5.40. The maximum Gasteiger partial charge on any atom is 0.169 e. The van der Waals surface area contributed by atoms with E-state index >= 15 is 0 Å². The molecular formula is C11H20N2S. The summed E-state index contributed by atoms with van der Waals surface area (Å²) in [6, 6.07) is 0.697. The van der Waals surface area contributed by atoms with Crippen LogP contribution in [-0.4, -0.2) is 29.1 Å². The molecule has 0 amide bonds. The van der Waals surface area contributed by atoms with Crippen molar-refractivity contribution in [3.63, 3.8) is 0 Å². The molecule has 1 aliphatic heterocycles. The van der Waals surface area contributed by atoms with E-state index in [4.69, 9.17) is 12.2 Å². The summed E-state index contributed by atoms with van der Waals surface area (Å²) >= 11 is 5.40. The number of hydrogen-bond acceptors (Lipinski definition) is 1. The lowest BCUT2D eigenvalue weighted by Gasteiger charge is -2.23. The molecule has 0 radical (unpaired) electrons. The first kappa shape index (κ1) is 10.2. The van der Waals surface area contributed by atoms with Crippen molar-refractivity contribution in [1.29, 1.82) is 0 Å². The largest absolute Gasteiger partial charge is 0.360 e. The molecule has 3 heteroatoms. The number of nitrogens with zero attached hydrogens (tertiary/aromatic N) is 1. The molecule has 80 valence electrons. The highest BCUT2D eigenvalue weighted by atomic mass is 32.1. The molecule has 1 heterocycles. The van der Waals surface area contributed by atoms with Gasteiger partial charge in [-0.05, 0) is 50.2 Å². The number of rotatable bonds is 1. The van der Waals surface area contributed by atoms with Gasteiger partial charge in [0.1, 0.15) is 0 Å². The van der Waals surface area contributed by atoms with Gasteiger partial charge in [0.05, 0.1) is 0 Å². The van der Waals surface area contributed by atoms with E-state index in [1.54, 1.807) is 0 Å². The molecule has 1 N–H and O–H groups in total. The van der Waals surface area contributed by atoms with Crippen LogP contribution in [0.15, 0.2) is 0 Å². The van der Waals surface area contributed by atoms with Crippen molar-refractivity contribution in [3.05, 3.63) is 0 Å². The number of thiocarbonyl (C=S) groups is 1. The van der Waals surface area contributed by atoms with E-state index in [1.807, 2.05) is 0 Å². The third-order valence-electron chi connectivity index (χ3n) is 3.21. The lowest BCUT2D eigenvalue weighted by Crippen LogP contribution is -2.41. The summed E-state index contributed by atoms with van der Waals surface area (Å²) in [5.41, 5.74) is 0. The lowest BCUT2D eigenvalue weighted by molar-refractivity contribution is 0.418. The Balaban J connectivity index is 1.79. The van der Waals surface area contributed by atoms with Crippen molar-refractivity contribution in [1.82, 2.24) is 10.2 Å². The average Bonchev–Trinajstić information content (AvgIpc) is 2.93. The summed E-state index contributed by atoms with van der Waals surface area (Å²) in [6.07, 6.45) is 6.58. The highest BCUT2D eigenvalue weighted by Gasteiger charge is 2.24. The molecular weight excluding hydrogens is 192 g/mol. The lowest BCUT2D eigenvalue weighted by atomic mass is 10.0. The smallest absolute Gasteiger partial charge is 0.169 e. The molecule has 2 nitrogen and oxygen atoms in total. The summed E-state index contributed by atoms with van der Waals surface area (Å²) in [4.78, 5) is 2.36. The molecule has 1 atom stereocenters. The van der Waals surface area contributed by atoms with E-state index in [2.05, 4.69) is 17.1 Å². The Morgan fingerprint density at radius 2 is 2.00 bits per heavy atom. The molecule has 1 saturated heterocycles. The first-order valence-corrected chi connectivity index (χ1v) is 6.22. The summed E-state index contributed by atoms with van der Waals surface area (Å²) in [5.74, 6) is 0.878. The zero-order chi connectivity index (χ0) is 9.97.